The van der Waals surface area contributed by atoms with Crippen LogP contribution >= 0.6 is 24.8 Å². The summed E-state index contributed by atoms with van der Waals surface area (Å²) >= 11 is 0. The van der Waals surface area contributed by atoms with Crippen LogP contribution in [-0.4, -0.2) is 108 Å². The van der Waals surface area contributed by atoms with Crippen LogP contribution in [0.3, 0.4) is 0 Å². The number of rotatable bonds is 8. The highest BCUT2D eigenvalue weighted by molar-refractivity contribution is 6.14. The van der Waals surface area contributed by atoms with E-state index in [0.29, 0.717) is 79.2 Å². The fourth-order valence-corrected chi connectivity index (χ4v) is 7.51. The average molecular weight is 860 g/mol. The first-order valence-electron chi connectivity index (χ1n) is 17.2. The lowest BCUT2D eigenvalue weighted by molar-refractivity contribution is 0.307. The van der Waals surface area contributed by atoms with E-state index < -0.39 is 0 Å². The SMILES string of the molecule is COc1c(OC)c(OC)c2c(c1OC)-c1nc-2nc2[nH]c(nc3nc(nc4[nH]c(n1)c1ccccc41)-c1ccccc1-3)c1c(OC)c(OC)c(OC)c(OC)c21.Cl.Cl.[SiH4]. The summed E-state index contributed by atoms with van der Waals surface area (Å²) in [5.74, 6) is 3.67. The van der Waals surface area contributed by atoms with Crippen LogP contribution in [0.15, 0.2) is 48.5 Å². The van der Waals surface area contributed by atoms with Crippen LogP contribution in [0.1, 0.15) is 0 Å². The van der Waals surface area contributed by atoms with Gasteiger partial charge in [-0.1, -0.05) is 48.5 Å². The Balaban J connectivity index is 0.00000195. The number of halogens is 2. The van der Waals surface area contributed by atoms with Gasteiger partial charge >= 0.3 is 0 Å². The average Bonchev–Trinajstić information content (AvgIpc) is 3.97. The van der Waals surface area contributed by atoms with Gasteiger partial charge in [0.1, 0.15) is 22.6 Å². The zero-order valence-electron chi connectivity index (χ0n) is 32.4. The minimum atomic E-state index is 0. The molecule has 2 aliphatic heterocycles. The van der Waals surface area contributed by atoms with Crippen molar-refractivity contribution in [3.8, 4) is 91.5 Å². The van der Waals surface area contributed by atoms with Crippen molar-refractivity contribution >= 4 is 79.9 Å². The summed E-state index contributed by atoms with van der Waals surface area (Å²) in [5, 5.41) is 2.57. The molecule has 8 bridgehead atoms. The summed E-state index contributed by atoms with van der Waals surface area (Å²) in [6, 6.07) is 15.6. The molecule has 3 aromatic heterocycles. The lowest BCUT2D eigenvalue weighted by Crippen LogP contribution is -2.01. The van der Waals surface area contributed by atoms with Gasteiger partial charge in [-0.3, -0.25) is 0 Å². The van der Waals surface area contributed by atoms with Crippen LogP contribution in [0.5, 0.6) is 46.0 Å². The first-order chi connectivity index (χ1) is 27.4. The number of methoxy groups -OCH3 is 8. The van der Waals surface area contributed by atoms with Crippen molar-refractivity contribution in [2.45, 2.75) is 0 Å². The number of hydrogen-bond donors (Lipinski definition) is 2. The Morgan fingerprint density at radius 2 is 0.661 bits per heavy atom. The maximum atomic E-state index is 6.03. The van der Waals surface area contributed by atoms with Gasteiger partial charge in [-0.15, -0.1) is 24.8 Å². The van der Waals surface area contributed by atoms with Crippen LogP contribution in [0.2, 0.25) is 0 Å². The van der Waals surface area contributed by atoms with E-state index >= 15 is 0 Å². The largest absolute Gasteiger partial charge is 0.492 e. The van der Waals surface area contributed by atoms with Crippen molar-refractivity contribution in [3.05, 3.63) is 48.5 Å². The van der Waals surface area contributed by atoms with Crippen molar-refractivity contribution in [1.29, 1.82) is 0 Å². The molecule has 0 saturated heterocycles. The van der Waals surface area contributed by atoms with E-state index in [-0.39, 0.29) is 70.3 Å². The Bertz CT molecular complexity index is 2960. The molecule has 16 nitrogen and oxygen atoms in total. The first-order valence-corrected chi connectivity index (χ1v) is 17.2. The lowest BCUT2D eigenvalue weighted by Gasteiger charge is -2.19. The van der Waals surface area contributed by atoms with Gasteiger partial charge < -0.3 is 47.9 Å². The Hall–Kier alpha value is -6.56. The van der Waals surface area contributed by atoms with E-state index in [1.807, 2.05) is 48.5 Å². The molecule has 0 radical (unpaired) electrons. The van der Waals surface area contributed by atoms with Gasteiger partial charge in [-0.25, -0.2) is 29.9 Å². The summed E-state index contributed by atoms with van der Waals surface area (Å²) in [7, 11) is 12.2. The Labute approximate surface area is 353 Å². The molecule has 306 valence electrons. The number of aromatic nitrogens is 8. The molecule has 0 atom stereocenters. The smallest absolute Gasteiger partial charge is 0.208 e. The fourth-order valence-electron chi connectivity index (χ4n) is 7.51. The Morgan fingerprint density at radius 1 is 0.356 bits per heavy atom. The predicted octanol–water partition coefficient (Wildman–Crippen LogP) is 6.33. The van der Waals surface area contributed by atoms with Crippen molar-refractivity contribution in [2.24, 2.45) is 0 Å². The normalized spacial score (nSPS) is 11.0. The molecule has 2 N–H and O–H groups in total. The van der Waals surface area contributed by atoms with Gasteiger partial charge in [-0.05, 0) is 11.0 Å². The van der Waals surface area contributed by atoms with E-state index in [4.69, 9.17) is 67.8 Å². The van der Waals surface area contributed by atoms with Crippen molar-refractivity contribution in [3.63, 3.8) is 0 Å². The topological polar surface area (TPSA) is 183 Å². The number of ether oxygens (including phenoxy) is 8. The molecule has 0 saturated carbocycles. The van der Waals surface area contributed by atoms with Gasteiger partial charge in [0.25, 0.3) is 0 Å². The summed E-state index contributed by atoms with van der Waals surface area (Å²) in [6.07, 6.45) is 0. The molecule has 0 amide bonds. The molecule has 4 aromatic carbocycles. The molecule has 9 rings (SSSR count). The van der Waals surface area contributed by atoms with Crippen LogP contribution < -0.4 is 37.9 Å². The summed E-state index contributed by atoms with van der Waals surface area (Å²) in [4.78, 5) is 37.4. The van der Waals surface area contributed by atoms with Crippen LogP contribution in [-0.2, 0) is 0 Å². The summed E-state index contributed by atoms with van der Waals surface area (Å²) in [5.41, 5.74) is 4.13. The first kappa shape index (κ1) is 42.1. The minimum absolute atomic E-state index is 0. The third-order valence-electron chi connectivity index (χ3n) is 9.81. The van der Waals surface area contributed by atoms with Gasteiger partial charge in [0.2, 0.25) is 23.0 Å². The molecule has 0 spiro atoms. The number of H-pyrrole nitrogens is 2. The van der Waals surface area contributed by atoms with Crippen LogP contribution in [0.4, 0.5) is 0 Å². The maximum absolute atomic E-state index is 6.03. The van der Waals surface area contributed by atoms with Crippen molar-refractivity contribution < 1.29 is 37.9 Å². The molecule has 2 aliphatic rings. The monoisotopic (exact) mass is 858 g/mol. The zero-order chi connectivity index (χ0) is 38.8. The molecule has 59 heavy (non-hydrogen) atoms. The Morgan fingerprint density at radius 3 is 1.07 bits per heavy atom. The second-order valence-corrected chi connectivity index (χ2v) is 12.5. The summed E-state index contributed by atoms with van der Waals surface area (Å²) in [6.45, 7) is 0. The summed E-state index contributed by atoms with van der Waals surface area (Å²) < 4.78 is 47.5. The second kappa shape index (κ2) is 16.4. The van der Waals surface area contributed by atoms with Crippen molar-refractivity contribution in [2.75, 3.05) is 56.9 Å². The molecule has 0 aliphatic carbocycles. The maximum Gasteiger partial charge on any atom is 0.208 e. The minimum Gasteiger partial charge on any atom is -0.492 e. The molecule has 7 aromatic rings. The predicted molar refractivity (Wildman–Crippen MR) is 234 cm³/mol. The third kappa shape index (κ3) is 6.11. The molecule has 0 fully saturated rings. The molecule has 0 unspecified atom stereocenters. The highest BCUT2D eigenvalue weighted by Crippen LogP contribution is 2.58. The number of nitrogens with one attached hydrogen (secondary N) is 2. The second-order valence-electron chi connectivity index (χ2n) is 12.5. The standard InChI is InChI=1S/C40H34N8O8.2ClH.H4Si/c1-49-25-21-23(27(51-3)31(55-7)29(25)53-5)39-46-37(21)44-35-19-15-11-9-13-17(19)33(42-35)41-34-18-14-10-12-16-20(18)36(43-34)45-38-22-24(40(47-38)48-39)28(52-4)32(56-8)30(54-6)26(22)50-2;;;/h9-16H,1-8H3,(H2,41,42,43,44,45,46,47,48);2*1H;1H4. The van der Waals surface area contributed by atoms with Gasteiger partial charge in [-0.2, -0.15) is 0 Å². The van der Waals surface area contributed by atoms with Gasteiger partial charge in [0.15, 0.2) is 46.3 Å². The molecular weight excluding hydrogens is 819 g/mol. The van der Waals surface area contributed by atoms with Gasteiger partial charge in [0, 0.05) is 21.9 Å². The Kier molecular flexibility index (Phi) is 11.7. The highest BCUT2D eigenvalue weighted by Gasteiger charge is 2.36. The van der Waals surface area contributed by atoms with Crippen LogP contribution in [0.25, 0.3) is 89.7 Å². The quantitative estimate of drug-likeness (QED) is 0.162. The van der Waals surface area contributed by atoms with E-state index in [1.54, 1.807) is 0 Å². The van der Waals surface area contributed by atoms with E-state index in [1.165, 1.54) is 56.9 Å². The van der Waals surface area contributed by atoms with Crippen molar-refractivity contribution in [1.82, 2.24) is 39.9 Å². The number of fused-ring (bicyclic) bond motifs is 20. The van der Waals surface area contributed by atoms with E-state index in [9.17, 15) is 0 Å². The van der Waals surface area contributed by atoms with E-state index in [0.717, 1.165) is 21.9 Å². The number of aromatic amines is 2. The lowest BCUT2D eigenvalue weighted by atomic mass is 10.0. The number of benzene rings is 4. The van der Waals surface area contributed by atoms with Crippen LogP contribution in [0, 0.1) is 0 Å². The molecular formula is C40H40Cl2N8O8Si. The highest BCUT2D eigenvalue weighted by atomic mass is 35.5. The molecule has 19 heteroatoms. The molecule has 5 heterocycles. The zero-order valence-corrected chi connectivity index (χ0v) is 34.0. The number of nitrogens with zero attached hydrogens (tertiary/aromatic N) is 6. The van der Waals surface area contributed by atoms with Gasteiger partial charge in [0.05, 0.1) is 78.8 Å². The fraction of sp³-hybridized carbons (Fsp3) is 0.200. The van der Waals surface area contributed by atoms with E-state index in [2.05, 4.69) is 9.97 Å². The number of hydrogen-bond acceptors (Lipinski definition) is 14. The third-order valence-corrected chi connectivity index (χ3v) is 9.81.